The third-order valence-electron chi connectivity index (χ3n) is 9.96. The summed E-state index contributed by atoms with van der Waals surface area (Å²) < 4.78 is 11.4. The standard InChI is InChI=1S/C38H44N6O4/c1-37(2,3)47-35(45)43-29-15-25(29)17-31(43)33-39-19-27(41-33)23-11-7-21(8-12-23)22-9-13-24(14-10-22)28-20-40-34(42-28)32-18-26-16-30(26)44(32)36(46)48-38(4,5)6/h7-14,19-20,25-26,29-32H,15-18H2,1-6H3,(H,39,41)(H,40,42)/t25?,26?,29-,30?,31?,32?/m0/s1. The number of piperidine rings is 2. The van der Waals surface area contributed by atoms with E-state index in [2.05, 4.69) is 58.5 Å². The molecule has 10 heteroatoms. The number of hydrogen-bond donors (Lipinski definition) is 2. The SMILES string of the molecule is CC(C)(C)OC(=O)N1C(c2ncc(-c3ccc(-c4ccc(-c5cnc(C6CC7C[C@@H]7N6C(=O)OC(C)(C)C)[nH]5)cc4)cc3)[nH]2)CC2CC21. The molecule has 0 bridgehead atoms. The molecule has 10 nitrogen and oxygen atoms in total. The molecule has 2 saturated heterocycles. The molecule has 4 heterocycles. The Labute approximate surface area is 281 Å². The topological polar surface area (TPSA) is 116 Å². The zero-order valence-corrected chi connectivity index (χ0v) is 28.5. The van der Waals surface area contributed by atoms with Crippen molar-refractivity contribution in [1.82, 2.24) is 29.7 Å². The molecule has 4 fully saturated rings. The fraction of sp³-hybridized carbons (Fsp3) is 0.474. The zero-order chi connectivity index (χ0) is 33.5. The molecule has 2 saturated carbocycles. The molecule has 250 valence electrons. The van der Waals surface area contributed by atoms with E-state index in [0.717, 1.165) is 71.0 Å². The van der Waals surface area contributed by atoms with Gasteiger partial charge in [-0.15, -0.1) is 0 Å². The van der Waals surface area contributed by atoms with E-state index < -0.39 is 11.2 Å². The van der Waals surface area contributed by atoms with Crippen LogP contribution in [-0.4, -0.2) is 65.2 Å². The van der Waals surface area contributed by atoms with Gasteiger partial charge in [-0.25, -0.2) is 19.6 Å². The van der Waals surface area contributed by atoms with Crippen molar-refractivity contribution >= 4 is 12.2 Å². The van der Waals surface area contributed by atoms with Gasteiger partial charge in [0.15, 0.2) is 0 Å². The van der Waals surface area contributed by atoms with Crippen LogP contribution in [0.5, 0.6) is 0 Å². The number of ether oxygens (including phenoxy) is 2. The highest BCUT2D eigenvalue weighted by Gasteiger charge is 2.57. The van der Waals surface area contributed by atoms with E-state index in [-0.39, 0.29) is 36.4 Å². The smallest absolute Gasteiger partial charge is 0.411 e. The molecule has 2 amide bonds. The van der Waals surface area contributed by atoms with Gasteiger partial charge in [-0.2, -0.15) is 0 Å². The van der Waals surface area contributed by atoms with Crippen molar-refractivity contribution in [2.75, 3.05) is 0 Å². The lowest BCUT2D eigenvalue weighted by Crippen LogP contribution is -2.38. The molecule has 48 heavy (non-hydrogen) atoms. The van der Waals surface area contributed by atoms with E-state index >= 15 is 0 Å². The van der Waals surface area contributed by atoms with Gasteiger partial charge in [0.25, 0.3) is 0 Å². The van der Waals surface area contributed by atoms with Crippen LogP contribution in [0.1, 0.15) is 91.0 Å². The number of carbonyl (C=O) groups is 2. The number of hydrogen-bond acceptors (Lipinski definition) is 6. The zero-order valence-electron chi connectivity index (χ0n) is 28.5. The van der Waals surface area contributed by atoms with E-state index in [1.54, 1.807) is 0 Å². The second kappa shape index (κ2) is 11.0. The van der Waals surface area contributed by atoms with Gasteiger partial charge < -0.3 is 19.4 Å². The minimum Gasteiger partial charge on any atom is -0.444 e. The highest BCUT2D eigenvalue weighted by Crippen LogP contribution is 2.54. The minimum atomic E-state index is -0.532. The molecule has 0 radical (unpaired) electrons. The van der Waals surface area contributed by atoms with Gasteiger partial charge in [0.2, 0.25) is 0 Å². The Morgan fingerprint density at radius 2 is 0.958 bits per heavy atom. The second-order valence-corrected chi connectivity index (χ2v) is 15.9. The van der Waals surface area contributed by atoms with Gasteiger partial charge in [0.1, 0.15) is 22.9 Å². The third kappa shape index (κ3) is 5.86. The Bertz CT molecular complexity index is 1710. The second-order valence-electron chi connectivity index (χ2n) is 15.9. The van der Waals surface area contributed by atoms with Crippen LogP contribution in [0.2, 0.25) is 0 Å². The van der Waals surface area contributed by atoms with Crippen LogP contribution in [0.4, 0.5) is 9.59 Å². The number of amides is 2. The lowest BCUT2D eigenvalue weighted by Gasteiger charge is -2.29. The van der Waals surface area contributed by atoms with Crippen LogP contribution >= 0.6 is 0 Å². The number of likely N-dealkylation sites (tertiary alicyclic amines) is 2. The van der Waals surface area contributed by atoms with Gasteiger partial charge in [0.05, 0.1) is 35.9 Å². The molecule has 2 aliphatic carbocycles. The highest BCUT2D eigenvalue weighted by molar-refractivity contribution is 5.73. The Hall–Kier alpha value is -4.60. The van der Waals surface area contributed by atoms with Crippen LogP contribution in [0, 0.1) is 11.8 Å². The number of carbonyl (C=O) groups excluding carboxylic acids is 2. The largest absolute Gasteiger partial charge is 0.444 e. The van der Waals surface area contributed by atoms with E-state index in [0.29, 0.717) is 11.8 Å². The first kappa shape index (κ1) is 30.7. The van der Waals surface area contributed by atoms with Gasteiger partial charge in [-0.3, -0.25) is 9.80 Å². The van der Waals surface area contributed by atoms with E-state index in [1.165, 1.54) is 0 Å². The summed E-state index contributed by atoms with van der Waals surface area (Å²) in [5, 5.41) is 0. The molecule has 5 unspecified atom stereocenters. The fourth-order valence-corrected chi connectivity index (χ4v) is 7.55. The maximum Gasteiger partial charge on any atom is 0.411 e. The quantitative estimate of drug-likeness (QED) is 0.225. The number of imidazole rings is 2. The maximum atomic E-state index is 13.0. The maximum absolute atomic E-state index is 13.0. The van der Waals surface area contributed by atoms with E-state index in [9.17, 15) is 9.59 Å². The summed E-state index contributed by atoms with van der Waals surface area (Å²) in [5.41, 5.74) is 5.09. The van der Waals surface area contributed by atoms with Crippen molar-refractivity contribution in [3.8, 4) is 33.6 Å². The lowest BCUT2D eigenvalue weighted by molar-refractivity contribution is 0.0164. The lowest BCUT2D eigenvalue weighted by atomic mass is 10.0. The predicted octanol–water partition coefficient (Wildman–Crippen LogP) is 8.27. The molecule has 2 N–H and O–H groups in total. The predicted molar refractivity (Wildman–Crippen MR) is 182 cm³/mol. The first-order chi connectivity index (χ1) is 22.8. The monoisotopic (exact) mass is 648 g/mol. The molecule has 2 aliphatic heterocycles. The van der Waals surface area contributed by atoms with Crippen molar-refractivity contribution in [2.24, 2.45) is 11.8 Å². The van der Waals surface area contributed by atoms with Crippen LogP contribution in [0.3, 0.4) is 0 Å². The minimum absolute atomic E-state index is 0.0891. The molecule has 2 aromatic carbocycles. The van der Waals surface area contributed by atoms with Crippen molar-refractivity contribution in [3.63, 3.8) is 0 Å². The van der Waals surface area contributed by atoms with Crippen molar-refractivity contribution < 1.29 is 19.1 Å². The number of nitrogens with zero attached hydrogens (tertiary/aromatic N) is 4. The molecule has 6 atom stereocenters. The summed E-state index contributed by atoms with van der Waals surface area (Å²) in [6, 6.07) is 17.2. The molecular weight excluding hydrogens is 604 g/mol. The number of aromatic nitrogens is 4. The van der Waals surface area contributed by atoms with Gasteiger partial charge >= 0.3 is 12.2 Å². The summed E-state index contributed by atoms with van der Waals surface area (Å²) in [7, 11) is 0. The molecule has 2 aromatic heterocycles. The average molecular weight is 649 g/mol. The summed E-state index contributed by atoms with van der Waals surface area (Å²) in [4.78, 5) is 46.2. The van der Waals surface area contributed by atoms with Crippen LogP contribution in [0.25, 0.3) is 33.6 Å². The summed E-state index contributed by atoms with van der Waals surface area (Å²) in [6.45, 7) is 11.4. The Kier molecular flexibility index (Phi) is 7.02. The normalized spacial score (nSPS) is 25.9. The van der Waals surface area contributed by atoms with Crippen LogP contribution in [0.15, 0.2) is 60.9 Å². The van der Waals surface area contributed by atoms with E-state index in [4.69, 9.17) is 19.4 Å². The number of rotatable bonds is 5. The molecule has 4 aliphatic rings. The number of nitrogens with one attached hydrogen (secondary N) is 2. The molecular formula is C38H44N6O4. The molecule has 8 rings (SSSR count). The van der Waals surface area contributed by atoms with Crippen LogP contribution < -0.4 is 0 Å². The fourth-order valence-electron chi connectivity index (χ4n) is 7.55. The first-order valence-corrected chi connectivity index (χ1v) is 17.1. The number of aromatic amines is 2. The summed E-state index contributed by atoms with van der Waals surface area (Å²) >= 11 is 0. The molecule has 0 spiro atoms. The highest BCUT2D eigenvalue weighted by atomic mass is 16.6. The average Bonchev–Trinajstić information content (AvgIpc) is 3.62. The molecule has 4 aromatic rings. The van der Waals surface area contributed by atoms with Crippen molar-refractivity contribution in [1.29, 1.82) is 0 Å². The summed E-state index contributed by atoms with van der Waals surface area (Å²) in [5.74, 6) is 2.69. The van der Waals surface area contributed by atoms with Crippen molar-refractivity contribution in [2.45, 2.75) is 103 Å². The van der Waals surface area contributed by atoms with Gasteiger partial charge in [-0.1, -0.05) is 48.5 Å². The Morgan fingerprint density at radius 3 is 1.31 bits per heavy atom. The number of H-pyrrole nitrogens is 2. The van der Waals surface area contributed by atoms with Crippen molar-refractivity contribution in [3.05, 3.63) is 72.6 Å². The van der Waals surface area contributed by atoms with Gasteiger partial charge in [0, 0.05) is 12.1 Å². The van der Waals surface area contributed by atoms with Crippen LogP contribution in [-0.2, 0) is 9.47 Å². The summed E-state index contributed by atoms with van der Waals surface area (Å²) in [6.07, 6.45) is 7.12. The number of benzene rings is 2. The Balaban J connectivity index is 0.935. The Morgan fingerprint density at radius 1 is 0.604 bits per heavy atom. The van der Waals surface area contributed by atoms with E-state index in [1.807, 2.05) is 63.7 Å². The number of fused-ring (bicyclic) bond motifs is 2. The van der Waals surface area contributed by atoms with Gasteiger partial charge in [-0.05, 0) is 101 Å². The third-order valence-corrected chi connectivity index (χ3v) is 9.96. The first-order valence-electron chi connectivity index (χ1n) is 17.1.